The summed E-state index contributed by atoms with van der Waals surface area (Å²) >= 11 is 2.99. The van der Waals surface area contributed by atoms with Crippen LogP contribution in [-0.4, -0.2) is 38.5 Å². The third-order valence-electron chi connectivity index (χ3n) is 4.38. The van der Waals surface area contributed by atoms with E-state index < -0.39 is 0 Å². The first-order valence-corrected chi connectivity index (χ1v) is 9.16. The van der Waals surface area contributed by atoms with Crippen molar-refractivity contribution >= 4 is 28.8 Å². The van der Waals surface area contributed by atoms with E-state index >= 15 is 0 Å². The highest BCUT2D eigenvalue weighted by atomic mass is 32.1. The lowest BCUT2D eigenvalue weighted by Crippen LogP contribution is -2.43. The summed E-state index contributed by atoms with van der Waals surface area (Å²) in [6.45, 7) is 7.90. The SMILES string of the molecule is CCc1nnsc1C(=O)N1CCC(C)(c2ncc(C)s2)CC1. The fourth-order valence-electron chi connectivity index (χ4n) is 2.80. The van der Waals surface area contributed by atoms with Crippen LogP contribution >= 0.6 is 22.9 Å². The van der Waals surface area contributed by atoms with Gasteiger partial charge in [0.05, 0.1) is 10.7 Å². The van der Waals surface area contributed by atoms with Crippen LogP contribution in [0.25, 0.3) is 0 Å². The number of aromatic nitrogens is 3. The second kappa shape index (κ2) is 6.04. The van der Waals surface area contributed by atoms with E-state index in [0.29, 0.717) is 4.88 Å². The van der Waals surface area contributed by atoms with Crippen molar-refractivity contribution in [3.8, 4) is 0 Å². The summed E-state index contributed by atoms with van der Waals surface area (Å²) in [5.41, 5.74) is 0.911. The van der Waals surface area contributed by atoms with Gasteiger partial charge in [0, 0.05) is 29.6 Å². The molecule has 1 saturated heterocycles. The molecule has 3 heterocycles. The Labute approximate surface area is 138 Å². The third kappa shape index (κ3) is 2.79. The number of rotatable bonds is 3. The molecule has 1 aliphatic heterocycles. The van der Waals surface area contributed by atoms with Gasteiger partial charge in [-0.1, -0.05) is 18.3 Å². The minimum absolute atomic E-state index is 0.0872. The second-order valence-electron chi connectivity index (χ2n) is 6.03. The highest BCUT2D eigenvalue weighted by Crippen LogP contribution is 2.37. The number of piperidine rings is 1. The molecular weight excluding hydrogens is 316 g/mol. The number of carbonyl (C=O) groups is 1. The van der Waals surface area contributed by atoms with Crippen LogP contribution in [-0.2, 0) is 11.8 Å². The molecule has 5 nitrogen and oxygen atoms in total. The van der Waals surface area contributed by atoms with Crippen molar-refractivity contribution in [2.75, 3.05) is 13.1 Å². The maximum atomic E-state index is 12.6. The first-order chi connectivity index (χ1) is 10.5. The molecule has 1 aliphatic rings. The Hall–Kier alpha value is -1.34. The number of hydrogen-bond donors (Lipinski definition) is 0. The summed E-state index contributed by atoms with van der Waals surface area (Å²) in [4.78, 5) is 21.1. The van der Waals surface area contributed by atoms with Crippen LogP contribution in [0.1, 0.15) is 51.9 Å². The molecule has 0 radical (unpaired) electrons. The van der Waals surface area contributed by atoms with Crippen molar-refractivity contribution < 1.29 is 4.79 Å². The van der Waals surface area contributed by atoms with Crippen LogP contribution in [0.3, 0.4) is 0 Å². The molecule has 1 fully saturated rings. The van der Waals surface area contributed by atoms with Crippen LogP contribution in [0.2, 0.25) is 0 Å². The Kier molecular flexibility index (Phi) is 4.27. The van der Waals surface area contributed by atoms with Crippen LogP contribution in [0.4, 0.5) is 0 Å². The van der Waals surface area contributed by atoms with Crippen LogP contribution < -0.4 is 0 Å². The van der Waals surface area contributed by atoms with Crippen molar-refractivity contribution in [1.82, 2.24) is 19.5 Å². The maximum absolute atomic E-state index is 12.6. The van der Waals surface area contributed by atoms with Crippen LogP contribution in [0, 0.1) is 6.92 Å². The molecule has 0 spiro atoms. The van der Waals surface area contributed by atoms with E-state index in [1.165, 1.54) is 21.4 Å². The number of thiazole rings is 1. The van der Waals surface area contributed by atoms with Gasteiger partial charge in [-0.15, -0.1) is 16.4 Å². The van der Waals surface area contributed by atoms with Gasteiger partial charge < -0.3 is 4.90 Å². The van der Waals surface area contributed by atoms with Gasteiger partial charge in [-0.3, -0.25) is 4.79 Å². The maximum Gasteiger partial charge on any atom is 0.267 e. The van der Waals surface area contributed by atoms with Gasteiger partial charge in [0.25, 0.3) is 5.91 Å². The van der Waals surface area contributed by atoms with Gasteiger partial charge in [0.2, 0.25) is 0 Å². The van der Waals surface area contributed by atoms with Crippen molar-refractivity contribution in [3.05, 3.63) is 26.7 Å². The molecule has 0 saturated carbocycles. The summed E-state index contributed by atoms with van der Waals surface area (Å²) in [5.74, 6) is 0.0872. The Balaban J connectivity index is 1.70. The Morgan fingerprint density at radius 2 is 2.14 bits per heavy atom. The minimum Gasteiger partial charge on any atom is -0.338 e. The van der Waals surface area contributed by atoms with E-state index in [2.05, 4.69) is 28.4 Å². The van der Waals surface area contributed by atoms with Crippen molar-refractivity contribution in [2.45, 2.75) is 45.4 Å². The molecule has 0 atom stereocenters. The molecule has 0 aromatic carbocycles. The molecule has 1 amide bonds. The first-order valence-electron chi connectivity index (χ1n) is 7.57. The Morgan fingerprint density at radius 3 is 2.73 bits per heavy atom. The lowest BCUT2D eigenvalue weighted by molar-refractivity contribution is 0.0679. The Bertz CT molecular complexity index is 671. The van der Waals surface area contributed by atoms with Crippen LogP contribution in [0.5, 0.6) is 0 Å². The zero-order valence-electron chi connectivity index (χ0n) is 13.1. The van der Waals surface area contributed by atoms with Gasteiger partial charge in [0.15, 0.2) is 0 Å². The minimum atomic E-state index is 0.0872. The second-order valence-corrected chi connectivity index (χ2v) is 8.02. The summed E-state index contributed by atoms with van der Waals surface area (Å²) in [6, 6.07) is 0. The predicted molar refractivity (Wildman–Crippen MR) is 88.6 cm³/mol. The number of likely N-dealkylation sites (tertiary alicyclic amines) is 1. The zero-order valence-corrected chi connectivity index (χ0v) is 14.8. The average Bonchev–Trinajstić information content (AvgIpc) is 3.16. The largest absolute Gasteiger partial charge is 0.338 e. The van der Waals surface area contributed by atoms with E-state index in [1.54, 1.807) is 11.3 Å². The fraction of sp³-hybridized carbons (Fsp3) is 0.600. The van der Waals surface area contributed by atoms with Crippen LogP contribution in [0.15, 0.2) is 6.20 Å². The molecule has 0 bridgehead atoms. The van der Waals surface area contributed by atoms with E-state index in [9.17, 15) is 4.79 Å². The predicted octanol–water partition coefficient (Wildman–Crippen LogP) is 3.06. The number of aryl methyl sites for hydroxylation is 2. The summed E-state index contributed by atoms with van der Waals surface area (Å²) in [7, 11) is 0. The van der Waals surface area contributed by atoms with Gasteiger partial charge in [0.1, 0.15) is 4.88 Å². The molecule has 0 N–H and O–H groups in total. The highest BCUT2D eigenvalue weighted by Gasteiger charge is 2.36. The first kappa shape index (κ1) is 15.6. The summed E-state index contributed by atoms with van der Waals surface area (Å²) in [5, 5.41) is 5.24. The summed E-state index contributed by atoms with van der Waals surface area (Å²) in [6.07, 6.45) is 4.61. The molecule has 2 aromatic rings. The van der Waals surface area contributed by atoms with Gasteiger partial charge >= 0.3 is 0 Å². The molecule has 3 rings (SSSR count). The molecule has 22 heavy (non-hydrogen) atoms. The smallest absolute Gasteiger partial charge is 0.267 e. The molecule has 2 aromatic heterocycles. The number of nitrogens with zero attached hydrogens (tertiary/aromatic N) is 4. The lowest BCUT2D eigenvalue weighted by atomic mass is 9.81. The molecule has 118 valence electrons. The fourth-order valence-corrected chi connectivity index (χ4v) is 4.48. The van der Waals surface area contributed by atoms with Crippen molar-refractivity contribution in [2.24, 2.45) is 0 Å². The molecule has 0 aliphatic carbocycles. The normalized spacial score (nSPS) is 17.7. The van der Waals surface area contributed by atoms with Gasteiger partial charge in [-0.05, 0) is 37.7 Å². The number of amides is 1. The van der Waals surface area contributed by atoms with Crippen molar-refractivity contribution in [3.63, 3.8) is 0 Å². The van der Waals surface area contributed by atoms with E-state index in [-0.39, 0.29) is 11.3 Å². The molecular formula is C15H20N4OS2. The number of carbonyl (C=O) groups excluding carboxylic acids is 1. The van der Waals surface area contributed by atoms with Gasteiger partial charge in [-0.25, -0.2) is 4.98 Å². The zero-order chi connectivity index (χ0) is 15.7. The number of hydrogen-bond acceptors (Lipinski definition) is 6. The van der Waals surface area contributed by atoms with E-state index in [0.717, 1.165) is 38.0 Å². The standard InChI is InChI=1S/C15H20N4OS2/c1-4-11-12(22-18-17-11)13(20)19-7-5-15(3,6-8-19)14-16-9-10(2)21-14/h9H,4-8H2,1-3H3. The topological polar surface area (TPSA) is 59.0 Å². The van der Waals surface area contributed by atoms with E-state index in [1.807, 2.05) is 18.0 Å². The summed E-state index contributed by atoms with van der Waals surface area (Å²) < 4.78 is 3.92. The molecule has 0 unspecified atom stereocenters. The average molecular weight is 336 g/mol. The van der Waals surface area contributed by atoms with Crippen molar-refractivity contribution in [1.29, 1.82) is 0 Å². The highest BCUT2D eigenvalue weighted by molar-refractivity contribution is 7.11. The van der Waals surface area contributed by atoms with E-state index in [4.69, 9.17) is 0 Å². The Morgan fingerprint density at radius 1 is 1.41 bits per heavy atom. The quantitative estimate of drug-likeness (QED) is 0.864. The third-order valence-corrected chi connectivity index (χ3v) is 6.35. The lowest BCUT2D eigenvalue weighted by Gasteiger charge is -2.38. The van der Waals surface area contributed by atoms with Gasteiger partial charge in [-0.2, -0.15) is 0 Å². The molecule has 7 heteroatoms. The monoisotopic (exact) mass is 336 g/mol.